The van der Waals surface area contributed by atoms with Crippen molar-refractivity contribution in [2.75, 3.05) is 0 Å². The average Bonchev–Trinajstić information content (AvgIpc) is 2.98. The summed E-state index contributed by atoms with van der Waals surface area (Å²) in [5.41, 5.74) is -0.566. The number of hydrogen-bond acceptors (Lipinski definition) is 5. The van der Waals surface area contributed by atoms with Crippen molar-refractivity contribution in [3.8, 4) is 17.3 Å². The Morgan fingerprint density at radius 1 is 1.00 bits per heavy atom. The maximum Gasteiger partial charge on any atom is 0.335 e. The lowest BCUT2D eigenvalue weighted by molar-refractivity contribution is 0.430. The van der Waals surface area contributed by atoms with Crippen LogP contribution in [-0.4, -0.2) is 30.2 Å². The third-order valence-corrected chi connectivity index (χ3v) is 5.58. The normalized spacial score (nSPS) is 11.3. The number of nitrogens with zero attached hydrogens (tertiary/aromatic N) is 4. The van der Waals surface area contributed by atoms with Gasteiger partial charge >= 0.3 is 5.69 Å². The van der Waals surface area contributed by atoms with Crippen molar-refractivity contribution in [3.63, 3.8) is 0 Å². The molecule has 0 radical (unpaired) electrons. The number of aliphatic imine (C=N–C) groups is 1. The molecule has 162 valence electrons. The summed E-state index contributed by atoms with van der Waals surface area (Å²) in [6, 6.07) is 15.6. The molecule has 4 aromatic rings. The quantitative estimate of drug-likeness (QED) is 0.423. The highest BCUT2D eigenvalue weighted by molar-refractivity contribution is 9.10. The van der Waals surface area contributed by atoms with Crippen LogP contribution in [0.1, 0.15) is 11.3 Å². The molecule has 0 unspecified atom stereocenters. The first-order chi connectivity index (χ1) is 15.3. The number of H-pyrrole nitrogens is 1. The fraction of sp³-hybridized carbons (Fsp3) is 0.0909. The average molecular weight is 496 g/mol. The third kappa shape index (κ3) is 3.65. The molecule has 4 rings (SSSR count). The molecule has 0 aliphatic heterocycles. The van der Waals surface area contributed by atoms with Gasteiger partial charge in [0.25, 0.3) is 11.1 Å². The van der Waals surface area contributed by atoms with Crippen molar-refractivity contribution >= 4 is 27.8 Å². The van der Waals surface area contributed by atoms with Crippen LogP contribution in [0.15, 0.2) is 78.4 Å². The Labute approximate surface area is 189 Å². The molecule has 0 spiro atoms. The number of para-hydroxylation sites is 1. The lowest BCUT2D eigenvalue weighted by Gasteiger charge is -2.09. The minimum absolute atomic E-state index is 0.108. The molecular weight excluding hydrogens is 478 g/mol. The smallest absolute Gasteiger partial charge is 0.335 e. The second-order valence-electron chi connectivity index (χ2n) is 6.98. The van der Waals surface area contributed by atoms with E-state index in [0.717, 1.165) is 15.3 Å². The van der Waals surface area contributed by atoms with E-state index in [1.807, 2.05) is 18.2 Å². The minimum atomic E-state index is -0.818. The van der Waals surface area contributed by atoms with Gasteiger partial charge < -0.3 is 5.11 Å². The fourth-order valence-electron chi connectivity index (χ4n) is 3.32. The van der Waals surface area contributed by atoms with Crippen molar-refractivity contribution in [1.29, 1.82) is 0 Å². The molecular formula is C22H18BrN5O4. The van der Waals surface area contributed by atoms with Crippen LogP contribution >= 0.6 is 15.9 Å². The molecule has 0 bridgehead atoms. The van der Waals surface area contributed by atoms with Crippen LogP contribution in [0.25, 0.3) is 11.4 Å². The van der Waals surface area contributed by atoms with E-state index in [4.69, 9.17) is 0 Å². The highest BCUT2D eigenvalue weighted by Gasteiger charge is 2.17. The zero-order chi connectivity index (χ0) is 23.0. The molecule has 0 atom stereocenters. The van der Waals surface area contributed by atoms with Gasteiger partial charge in [0.15, 0.2) is 5.69 Å². The zero-order valence-corrected chi connectivity index (χ0v) is 18.7. The SMILES string of the molecule is Cc1c(N=Cc2c(O)n(-c3ccc(Br)cc3)c(=O)[nH]c2=O)c(=O)n(-c2ccccc2)n1C. The van der Waals surface area contributed by atoms with Crippen LogP contribution in [-0.2, 0) is 7.05 Å². The third-order valence-electron chi connectivity index (χ3n) is 5.05. The molecule has 0 saturated carbocycles. The summed E-state index contributed by atoms with van der Waals surface area (Å²) in [4.78, 5) is 44.1. The number of nitrogens with one attached hydrogen (secondary N) is 1. The van der Waals surface area contributed by atoms with E-state index in [-0.39, 0.29) is 16.8 Å². The van der Waals surface area contributed by atoms with Gasteiger partial charge in [-0.05, 0) is 43.3 Å². The summed E-state index contributed by atoms with van der Waals surface area (Å²) in [5, 5.41) is 10.7. The zero-order valence-electron chi connectivity index (χ0n) is 17.1. The van der Waals surface area contributed by atoms with Crippen LogP contribution in [0.5, 0.6) is 5.88 Å². The van der Waals surface area contributed by atoms with E-state index in [0.29, 0.717) is 17.1 Å². The summed E-state index contributed by atoms with van der Waals surface area (Å²) < 4.78 is 4.84. The molecule has 2 aromatic carbocycles. The van der Waals surface area contributed by atoms with Crippen molar-refractivity contribution < 1.29 is 5.11 Å². The fourth-order valence-corrected chi connectivity index (χ4v) is 3.58. The number of hydrogen-bond donors (Lipinski definition) is 2. The molecule has 0 saturated heterocycles. The molecule has 9 nitrogen and oxygen atoms in total. The van der Waals surface area contributed by atoms with Gasteiger partial charge in [-0.1, -0.05) is 34.1 Å². The lowest BCUT2D eigenvalue weighted by Crippen LogP contribution is -2.31. The Bertz CT molecular complexity index is 1510. The van der Waals surface area contributed by atoms with E-state index in [1.54, 1.807) is 55.1 Å². The predicted molar refractivity (Wildman–Crippen MR) is 125 cm³/mol. The summed E-state index contributed by atoms with van der Waals surface area (Å²) in [5.74, 6) is -0.582. The highest BCUT2D eigenvalue weighted by Crippen LogP contribution is 2.20. The van der Waals surface area contributed by atoms with Crippen molar-refractivity contribution in [3.05, 3.63) is 102 Å². The predicted octanol–water partition coefficient (Wildman–Crippen LogP) is 2.54. The van der Waals surface area contributed by atoms with Crippen LogP contribution < -0.4 is 16.8 Å². The monoisotopic (exact) mass is 495 g/mol. The van der Waals surface area contributed by atoms with Crippen molar-refractivity contribution in [1.82, 2.24) is 18.9 Å². The summed E-state index contributed by atoms with van der Waals surface area (Å²) >= 11 is 3.31. The second kappa shape index (κ2) is 8.31. The first kappa shape index (κ1) is 21.3. The molecule has 0 aliphatic rings. The topological polar surface area (TPSA) is 114 Å². The molecule has 32 heavy (non-hydrogen) atoms. The van der Waals surface area contributed by atoms with Gasteiger partial charge in [0.1, 0.15) is 5.56 Å². The van der Waals surface area contributed by atoms with Crippen LogP contribution in [0.3, 0.4) is 0 Å². The van der Waals surface area contributed by atoms with Gasteiger partial charge in [-0.3, -0.25) is 19.3 Å². The van der Waals surface area contributed by atoms with E-state index in [1.165, 1.54) is 4.68 Å². The molecule has 10 heteroatoms. The first-order valence-electron chi connectivity index (χ1n) is 9.52. The molecule has 0 aliphatic carbocycles. The van der Waals surface area contributed by atoms with Crippen molar-refractivity contribution in [2.24, 2.45) is 12.0 Å². The number of halogens is 1. The summed E-state index contributed by atoms with van der Waals surface area (Å²) in [6.07, 6.45) is 1.09. The summed E-state index contributed by atoms with van der Waals surface area (Å²) in [6.45, 7) is 1.72. The van der Waals surface area contributed by atoms with E-state index < -0.39 is 17.1 Å². The van der Waals surface area contributed by atoms with E-state index in [9.17, 15) is 19.5 Å². The van der Waals surface area contributed by atoms with Gasteiger partial charge in [0.05, 0.1) is 17.1 Å². The van der Waals surface area contributed by atoms with E-state index >= 15 is 0 Å². The Hall–Kier alpha value is -3.92. The van der Waals surface area contributed by atoms with Gasteiger partial charge in [-0.25, -0.2) is 19.0 Å². The number of benzene rings is 2. The first-order valence-corrected chi connectivity index (χ1v) is 10.3. The van der Waals surface area contributed by atoms with Crippen LogP contribution in [0, 0.1) is 6.92 Å². The maximum absolute atomic E-state index is 13.0. The van der Waals surface area contributed by atoms with Gasteiger partial charge in [-0.2, -0.15) is 0 Å². The Morgan fingerprint density at radius 2 is 1.66 bits per heavy atom. The van der Waals surface area contributed by atoms with Crippen LogP contribution in [0.4, 0.5) is 5.69 Å². The largest absolute Gasteiger partial charge is 0.493 e. The van der Waals surface area contributed by atoms with Crippen LogP contribution in [0.2, 0.25) is 0 Å². The number of rotatable bonds is 4. The summed E-state index contributed by atoms with van der Waals surface area (Å²) in [7, 11) is 1.72. The Balaban J connectivity index is 1.84. The number of aromatic nitrogens is 4. The number of aromatic amines is 1. The highest BCUT2D eigenvalue weighted by atomic mass is 79.9. The molecule has 2 heterocycles. The van der Waals surface area contributed by atoms with Crippen molar-refractivity contribution in [2.45, 2.75) is 6.92 Å². The Morgan fingerprint density at radius 3 is 2.31 bits per heavy atom. The molecule has 0 fully saturated rings. The second-order valence-corrected chi connectivity index (χ2v) is 7.89. The lowest BCUT2D eigenvalue weighted by atomic mass is 10.3. The standard InChI is InChI=1S/C22H18BrN5O4/c1-13-18(21(31)28(26(13)2)16-6-4-3-5-7-16)24-12-17-19(29)25-22(32)27(20(17)30)15-10-8-14(23)9-11-15/h3-12,30H,1-2H3,(H,25,29,32). The Kier molecular flexibility index (Phi) is 5.54. The molecule has 2 aromatic heterocycles. The van der Waals surface area contributed by atoms with Gasteiger partial charge in [0, 0.05) is 17.7 Å². The molecule has 2 N–H and O–H groups in total. The molecule has 0 amide bonds. The minimum Gasteiger partial charge on any atom is -0.493 e. The van der Waals surface area contributed by atoms with E-state index in [2.05, 4.69) is 25.9 Å². The number of aromatic hydroxyl groups is 1. The maximum atomic E-state index is 13.0. The van der Waals surface area contributed by atoms with Gasteiger partial charge in [-0.15, -0.1) is 0 Å². The van der Waals surface area contributed by atoms with Gasteiger partial charge in [0.2, 0.25) is 5.88 Å².